The highest BCUT2D eigenvalue weighted by Gasteiger charge is 2.34. The smallest absolute Gasteiger partial charge is 0.236 e. The van der Waals surface area contributed by atoms with Crippen molar-refractivity contribution in [2.24, 2.45) is 0 Å². The highest BCUT2D eigenvalue weighted by molar-refractivity contribution is 7.89. The molecule has 130 valence electrons. The molecule has 0 saturated carbocycles. The average Bonchev–Trinajstić information content (AvgIpc) is 2.48. The molecule has 2 saturated heterocycles. The molecule has 1 atom stereocenters. The minimum atomic E-state index is -3.24. The van der Waals surface area contributed by atoms with Gasteiger partial charge in [-0.3, -0.25) is 4.79 Å². The normalized spacial score (nSPS) is 24.1. The number of ether oxygens (including phenoxy) is 1. The number of methoxy groups -OCH3 is 1. The van der Waals surface area contributed by atoms with Gasteiger partial charge in [0.05, 0.1) is 12.3 Å². The van der Waals surface area contributed by atoms with Gasteiger partial charge < -0.3 is 15.0 Å². The van der Waals surface area contributed by atoms with Gasteiger partial charge in [0, 0.05) is 45.9 Å². The topological polar surface area (TPSA) is 79.0 Å². The number of hydrogen-bond donors (Lipinski definition) is 1. The predicted molar refractivity (Wildman–Crippen MR) is 86.7 cm³/mol. The monoisotopic (exact) mass is 355 g/mol. The number of hydrogen-bond acceptors (Lipinski definition) is 5. The SMILES string of the molecule is COCCCS(=O)(=O)N1CCCC(N2CCNCC2=O)C1.Cl. The molecule has 0 aromatic rings. The van der Waals surface area contributed by atoms with Gasteiger partial charge in [0.15, 0.2) is 0 Å². The standard InChI is InChI=1S/C13H25N3O4S.ClH/c1-20-8-3-9-21(18,19)15-6-2-4-12(11-15)16-7-5-14-10-13(16)17;/h12,14H,2-11H2,1H3;1H. The molecule has 0 aromatic heterocycles. The van der Waals surface area contributed by atoms with Gasteiger partial charge >= 0.3 is 0 Å². The van der Waals surface area contributed by atoms with E-state index in [1.165, 1.54) is 0 Å². The summed E-state index contributed by atoms with van der Waals surface area (Å²) in [7, 11) is -1.68. The van der Waals surface area contributed by atoms with Crippen LogP contribution in [-0.4, -0.2) is 81.8 Å². The van der Waals surface area contributed by atoms with E-state index in [0.717, 1.165) is 19.4 Å². The van der Waals surface area contributed by atoms with E-state index in [9.17, 15) is 13.2 Å². The Morgan fingerprint density at radius 2 is 2.14 bits per heavy atom. The van der Waals surface area contributed by atoms with E-state index in [0.29, 0.717) is 39.2 Å². The summed E-state index contributed by atoms with van der Waals surface area (Å²) < 4.78 is 31.1. The molecule has 1 amide bonds. The quantitative estimate of drug-likeness (QED) is 0.660. The second-order valence-corrected chi connectivity index (χ2v) is 7.67. The molecule has 9 heteroatoms. The van der Waals surface area contributed by atoms with Crippen LogP contribution in [0.5, 0.6) is 0 Å². The van der Waals surface area contributed by atoms with Crippen molar-refractivity contribution in [1.82, 2.24) is 14.5 Å². The van der Waals surface area contributed by atoms with Crippen LogP contribution in [0.3, 0.4) is 0 Å². The van der Waals surface area contributed by atoms with Crippen LogP contribution in [0, 0.1) is 0 Å². The third-order valence-corrected chi connectivity index (χ3v) is 5.99. The molecule has 2 rings (SSSR count). The second-order valence-electron chi connectivity index (χ2n) is 5.58. The molecule has 0 spiro atoms. The van der Waals surface area contributed by atoms with Crippen molar-refractivity contribution in [2.75, 3.05) is 52.2 Å². The van der Waals surface area contributed by atoms with Gasteiger partial charge in [0.1, 0.15) is 0 Å². The number of rotatable bonds is 6. The Kier molecular flexibility index (Phi) is 8.06. The maximum absolute atomic E-state index is 12.3. The number of amides is 1. The summed E-state index contributed by atoms with van der Waals surface area (Å²) in [5.41, 5.74) is 0. The zero-order valence-corrected chi connectivity index (χ0v) is 14.6. The lowest BCUT2D eigenvalue weighted by Crippen LogP contribution is -2.57. The maximum atomic E-state index is 12.3. The molecule has 1 N–H and O–H groups in total. The summed E-state index contributed by atoms with van der Waals surface area (Å²) in [5.74, 6) is 0.188. The Bertz CT molecular complexity index is 460. The van der Waals surface area contributed by atoms with E-state index in [1.807, 2.05) is 4.90 Å². The molecule has 0 aliphatic carbocycles. The van der Waals surface area contributed by atoms with Crippen LogP contribution >= 0.6 is 12.4 Å². The number of carbonyl (C=O) groups excluding carboxylic acids is 1. The van der Waals surface area contributed by atoms with Crippen LogP contribution in [0.2, 0.25) is 0 Å². The molecular formula is C13H26ClN3O4S. The van der Waals surface area contributed by atoms with Crippen molar-refractivity contribution < 1.29 is 17.9 Å². The molecule has 2 aliphatic heterocycles. The number of nitrogens with one attached hydrogen (secondary N) is 1. The average molecular weight is 356 g/mol. The summed E-state index contributed by atoms with van der Waals surface area (Å²) >= 11 is 0. The van der Waals surface area contributed by atoms with Crippen LogP contribution < -0.4 is 5.32 Å². The Morgan fingerprint density at radius 3 is 2.82 bits per heavy atom. The Labute approximate surface area is 138 Å². The van der Waals surface area contributed by atoms with E-state index in [4.69, 9.17) is 4.74 Å². The molecule has 22 heavy (non-hydrogen) atoms. The van der Waals surface area contributed by atoms with Crippen molar-refractivity contribution in [2.45, 2.75) is 25.3 Å². The molecule has 1 unspecified atom stereocenters. The van der Waals surface area contributed by atoms with Gasteiger partial charge in [-0.2, -0.15) is 4.31 Å². The van der Waals surface area contributed by atoms with Crippen LogP contribution in [-0.2, 0) is 19.6 Å². The lowest BCUT2D eigenvalue weighted by atomic mass is 10.1. The van der Waals surface area contributed by atoms with Crippen LogP contribution in [0.4, 0.5) is 0 Å². The number of piperazine rings is 1. The largest absolute Gasteiger partial charge is 0.385 e. The van der Waals surface area contributed by atoms with E-state index in [1.54, 1.807) is 11.4 Å². The second kappa shape index (κ2) is 9.02. The number of halogens is 1. The van der Waals surface area contributed by atoms with E-state index in [2.05, 4.69) is 5.32 Å². The third kappa shape index (κ3) is 5.06. The molecule has 2 fully saturated rings. The number of nitrogens with zero attached hydrogens (tertiary/aromatic N) is 2. The van der Waals surface area contributed by atoms with Crippen molar-refractivity contribution in [3.05, 3.63) is 0 Å². The van der Waals surface area contributed by atoms with Gasteiger partial charge in [0.25, 0.3) is 0 Å². The fourth-order valence-corrected chi connectivity index (χ4v) is 4.50. The van der Waals surface area contributed by atoms with Crippen molar-refractivity contribution in [3.63, 3.8) is 0 Å². The summed E-state index contributed by atoms with van der Waals surface area (Å²) in [6.45, 7) is 3.25. The molecule has 2 aliphatic rings. The van der Waals surface area contributed by atoms with Crippen LogP contribution in [0.15, 0.2) is 0 Å². The van der Waals surface area contributed by atoms with Crippen molar-refractivity contribution in [3.8, 4) is 0 Å². The highest BCUT2D eigenvalue weighted by atomic mass is 35.5. The number of piperidine rings is 1. The van der Waals surface area contributed by atoms with Gasteiger partial charge in [0.2, 0.25) is 15.9 Å². The van der Waals surface area contributed by atoms with E-state index in [-0.39, 0.29) is 30.1 Å². The highest BCUT2D eigenvalue weighted by Crippen LogP contribution is 2.20. The first-order valence-electron chi connectivity index (χ1n) is 7.51. The zero-order chi connectivity index (χ0) is 15.3. The van der Waals surface area contributed by atoms with Crippen LogP contribution in [0.1, 0.15) is 19.3 Å². The molecule has 0 bridgehead atoms. The first-order valence-corrected chi connectivity index (χ1v) is 9.12. The van der Waals surface area contributed by atoms with E-state index >= 15 is 0 Å². The fourth-order valence-electron chi connectivity index (χ4n) is 2.95. The van der Waals surface area contributed by atoms with Gasteiger partial charge in [-0.05, 0) is 19.3 Å². The number of sulfonamides is 1. The van der Waals surface area contributed by atoms with Gasteiger partial charge in [-0.1, -0.05) is 0 Å². The molecule has 7 nitrogen and oxygen atoms in total. The Morgan fingerprint density at radius 1 is 1.36 bits per heavy atom. The summed E-state index contributed by atoms with van der Waals surface area (Å²) in [6, 6.07) is 0.0190. The zero-order valence-electron chi connectivity index (χ0n) is 13.0. The molecular weight excluding hydrogens is 330 g/mol. The van der Waals surface area contributed by atoms with Gasteiger partial charge in [-0.15, -0.1) is 12.4 Å². The van der Waals surface area contributed by atoms with Crippen molar-refractivity contribution in [1.29, 1.82) is 0 Å². The van der Waals surface area contributed by atoms with Crippen molar-refractivity contribution >= 4 is 28.3 Å². The summed E-state index contributed by atoms with van der Waals surface area (Å²) in [6.07, 6.45) is 2.20. The lowest BCUT2D eigenvalue weighted by Gasteiger charge is -2.40. The first-order chi connectivity index (χ1) is 10.0. The summed E-state index contributed by atoms with van der Waals surface area (Å²) in [5, 5.41) is 3.04. The molecule has 0 radical (unpaired) electrons. The maximum Gasteiger partial charge on any atom is 0.236 e. The lowest BCUT2D eigenvalue weighted by molar-refractivity contribution is -0.135. The fraction of sp³-hybridized carbons (Fsp3) is 0.923. The minimum absolute atomic E-state index is 0. The Balaban J connectivity index is 0.00000242. The minimum Gasteiger partial charge on any atom is -0.385 e. The number of carbonyl (C=O) groups is 1. The first kappa shape index (κ1) is 19.6. The van der Waals surface area contributed by atoms with E-state index < -0.39 is 10.0 Å². The molecule has 0 aromatic carbocycles. The summed E-state index contributed by atoms with van der Waals surface area (Å²) in [4.78, 5) is 13.8. The third-order valence-electron chi connectivity index (χ3n) is 4.07. The van der Waals surface area contributed by atoms with Gasteiger partial charge in [-0.25, -0.2) is 8.42 Å². The van der Waals surface area contributed by atoms with Crippen LogP contribution in [0.25, 0.3) is 0 Å². The predicted octanol–water partition coefficient (Wildman–Crippen LogP) is -0.329. The Hall–Kier alpha value is -0.410. The molecule has 2 heterocycles.